The van der Waals surface area contributed by atoms with Crippen molar-refractivity contribution < 1.29 is 19.1 Å². The highest BCUT2D eigenvalue weighted by Gasteiger charge is 2.36. The maximum Gasteiger partial charge on any atom is 0.311 e. The predicted molar refractivity (Wildman–Crippen MR) is 121 cm³/mol. The van der Waals surface area contributed by atoms with Crippen molar-refractivity contribution >= 4 is 29.2 Å². The highest BCUT2D eigenvalue weighted by Crippen LogP contribution is 2.26. The molecule has 3 rings (SSSR count). The lowest BCUT2D eigenvalue weighted by atomic mass is 9.99. The van der Waals surface area contributed by atoms with E-state index in [1.807, 2.05) is 48.5 Å². The lowest BCUT2D eigenvalue weighted by Crippen LogP contribution is -2.28. The van der Waals surface area contributed by atoms with Crippen LogP contribution in [-0.4, -0.2) is 30.9 Å². The van der Waals surface area contributed by atoms with Crippen LogP contribution in [0.4, 0.5) is 11.4 Å². The normalized spacial score (nSPS) is 16.8. The van der Waals surface area contributed by atoms with Gasteiger partial charge in [0, 0.05) is 24.3 Å². The van der Waals surface area contributed by atoms with Crippen molar-refractivity contribution in [1.82, 2.24) is 0 Å². The van der Waals surface area contributed by atoms with Gasteiger partial charge in [-0.15, -0.1) is 0 Å². The Morgan fingerprint density at radius 1 is 1.10 bits per heavy atom. The first-order chi connectivity index (χ1) is 14.9. The van der Waals surface area contributed by atoms with E-state index in [-0.39, 0.29) is 25.5 Å². The van der Waals surface area contributed by atoms with Gasteiger partial charge in [-0.3, -0.25) is 14.4 Å². The fraction of sp³-hybridized carbons (Fsp3) is 0.400. The van der Waals surface area contributed by atoms with Crippen LogP contribution in [0, 0.1) is 5.92 Å². The molecule has 0 saturated carbocycles. The van der Waals surface area contributed by atoms with Crippen LogP contribution in [0.25, 0.3) is 0 Å². The highest BCUT2D eigenvalue weighted by atomic mass is 16.5. The van der Waals surface area contributed by atoms with Crippen LogP contribution in [0.15, 0.2) is 48.5 Å². The minimum absolute atomic E-state index is 0.0903. The van der Waals surface area contributed by atoms with E-state index in [0.29, 0.717) is 11.6 Å². The molecule has 1 aliphatic rings. The van der Waals surface area contributed by atoms with E-state index in [1.165, 1.54) is 11.1 Å². The molecular weight excluding hydrogens is 392 g/mol. The Hall–Kier alpha value is -3.15. The van der Waals surface area contributed by atoms with E-state index >= 15 is 0 Å². The fourth-order valence-electron chi connectivity index (χ4n) is 3.61. The number of carbonyl (C=O) groups is 3. The summed E-state index contributed by atoms with van der Waals surface area (Å²) >= 11 is 0. The predicted octanol–water partition coefficient (Wildman–Crippen LogP) is 4.30. The largest absolute Gasteiger partial charge is 0.455 e. The number of amides is 2. The summed E-state index contributed by atoms with van der Waals surface area (Å²) in [5.74, 6) is -1.15. The number of hydrogen-bond donors (Lipinski definition) is 1. The van der Waals surface area contributed by atoms with Crippen LogP contribution in [0.5, 0.6) is 0 Å². The fourth-order valence-corrected chi connectivity index (χ4v) is 3.61. The first kappa shape index (κ1) is 22.5. The first-order valence-electron chi connectivity index (χ1n) is 10.9. The molecule has 1 fully saturated rings. The van der Waals surface area contributed by atoms with E-state index in [1.54, 1.807) is 4.90 Å². The Kier molecular flexibility index (Phi) is 7.45. The van der Waals surface area contributed by atoms with Crippen molar-refractivity contribution in [3.63, 3.8) is 0 Å². The second-order valence-electron chi connectivity index (χ2n) is 8.01. The smallest absolute Gasteiger partial charge is 0.311 e. The molecule has 6 nitrogen and oxygen atoms in total. The monoisotopic (exact) mass is 422 g/mol. The molecule has 0 radical (unpaired) electrons. The molecule has 31 heavy (non-hydrogen) atoms. The summed E-state index contributed by atoms with van der Waals surface area (Å²) in [7, 11) is 0. The maximum atomic E-state index is 12.4. The maximum absolute atomic E-state index is 12.4. The van der Waals surface area contributed by atoms with Crippen LogP contribution < -0.4 is 10.2 Å². The molecule has 2 atom stereocenters. The third kappa shape index (κ3) is 5.72. The zero-order chi connectivity index (χ0) is 22.4. The second kappa shape index (κ2) is 10.2. The van der Waals surface area contributed by atoms with Crippen molar-refractivity contribution in [2.75, 3.05) is 23.4 Å². The topological polar surface area (TPSA) is 75.7 Å². The molecule has 1 saturated heterocycles. The molecule has 6 heteroatoms. The van der Waals surface area contributed by atoms with Gasteiger partial charge in [-0.25, -0.2) is 0 Å². The Morgan fingerprint density at radius 3 is 2.39 bits per heavy atom. The van der Waals surface area contributed by atoms with Crippen LogP contribution in [0.1, 0.15) is 50.7 Å². The summed E-state index contributed by atoms with van der Waals surface area (Å²) in [4.78, 5) is 38.5. The number of carbonyl (C=O) groups excluding carboxylic acids is 3. The Labute approximate surface area is 183 Å². The summed E-state index contributed by atoms with van der Waals surface area (Å²) in [6, 6.07) is 15.4. The minimum atomic E-state index is -0.569. The molecule has 2 aromatic carbocycles. The number of esters is 1. The van der Waals surface area contributed by atoms with Crippen molar-refractivity contribution in [2.45, 2.75) is 46.0 Å². The molecule has 1 aliphatic heterocycles. The van der Waals surface area contributed by atoms with Gasteiger partial charge in [0.2, 0.25) is 5.91 Å². The third-order valence-corrected chi connectivity index (χ3v) is 5.84. The number of benzene rings is 2. The van der Waals surface area contributed by atoms with E-state index in [9.17, 15) is 14.4 Å². The molecule has 0 unspecified atom stereocenters. The Bertz CT molecular complexity index is 922. The molecule has 1 heterocycles. The van der Waals surface area contributed by atoms with Crippen LogP contribution in [0.2, 0.25) is 0 Å². The molecule has 164 valence electrons. The van der Waals surface area contributed by atoms with Gasteiger partial charge >= 0.3 is 5.97 Å². The van der Waals surface area contributed by atoms with Gasteiger partial charge in [0.15, 0.2) is 6.61 Å². The average molecular weight is 423 g/mol. The minimum Gasteiger partial charge on any atom is -0.455 e. The number of ether oxygens (including phenoxy) is 1. The average Bonchev–Trinajstić information content (AvgIpc) is 3.19. The molecule has 0 spiro atoms. The van der Waals surface area contributed by atoms with Gasteiger partial charge < -0.3 is 15.0 Å². The molecule has 2 amide bonds. The highest BCUT2D eigenvalue weighted by molar-refractivity contribution is 6.00. The number of nitrogens with zero attached hydrogens (tertiary/aromatic N) is 1. The van der Waals surface area contributed by atoms with Crippen molar-refractivity contribution in [3.8, 4) is 0 Å². The molecule has 1 N–H and O–H groups in total. The van der Waals surface area contributed by atoms with Gasteiger partial charge in [-0.05, 0) is 54.2 Å². The standard InChI is InChI=1S/C25H30N2O4/c1-4-17(3)19-8-10-21(11-9-19)26-23(28)16-31-25(30)20-14-24(29)27(15-20)22-12-6-18(5-2)7-13-22/h6-13,17,20H,4-5,14-16H2,1-3H3,(H,26,28)/t17-,20-/m1/s1. The lowest BCUT2D eigenvalue weighted by Gasteiger charge is -2.17. The van der Waals surface area contributed by atoms with E-state index < -0.39 is 17.8 Å². The summed E-state index contributed by atoms with van der Waals surface area (Å²) in [6.07, 6.45) is 2.06. The molecule has 0 aromatic heterocycles. The number of anilines is 2. The van der Waals surface area contributed by atoms with Crippen molar-refractivity contribution in [3.05, 3.63) is 59.7 Å². The SMILES string of the molecule is CCc1ccc(N2C[C@H](C(=O)OCC(=O)Nc3ccc([C@H](C)CC)cc3)CC2=O)cc1. The van der Waals surface area contributed by atoms with Crippen LogP contribution in [-0.2, 0) is 25.5 Å². The van der Waals surface area contributed by atoms with Gasteiger partial charge in [0.05, 0.1) is 5.92 Å². The lowest BCUT2D eigenvalue weighted by molar-refractivity contribution is -0.151. The molecule has 2 aromatic rings. The summed E-state index contributed by atoms with van der Waals surface area (Å²) in [5.41, 5.74) is 3.83. The number of aryl methyl sites for hydroxylation is 1. The number of rotatable bonds is 8. The van der Waals surface area contributed by atoms with Gasteiger partial charge in [-0.1, -0.05) is 45.0 Å². The molecule has 0 aliphatic carbocycles. The van der Waals surface area contributed by atoms with Gasteiger partial charge in [0.1, 0.15) is 0 Å². The third-order valence-electron chi connectivity index (χ3n) is 5.84. The van der Waals surface area contributed by atoms with Crippen molar-refractivity contribution in [2.24, 2.45) is 5.92 Å². The summed E-state index contributed by atoms with van der Waals surface area (Å²) in [5, 5.41) is 2.73. The molecular formula is C25H30N2O4. The second-order valence-corrected chi connectivity index (χ2v) is 8.01. The molecule has 0 bridgehead atoms. The van der Waals surface area contributed by atoms with Gasteiger partial charge in [-0.2, -0.15) is 0 Å². The summed E-state index contributed by atoms with van der Waals surface area (Å²) in [6.45, 7) is 6.25. The number of hydrogen-bond acceptors (Lipinski definition) is 4. The van der Waals surface area contributed by atoms with Crippen molar-refractivity contribution in [1.29, 1.82) is 0 Å². The Balaban J connectivity index is 1.49. The van der Waals surface area contributed by atoms with E-state index in [0.717, 1.165) is 18.5 Å². The summed E-state index contributed by atoms with van der Waals surface area (Å²) < 4.78 is 5.18. The van der Waals surface area contributed by atoms with Crippen LogP contribution in [0.3, 0.4) is 0 Å². The Morgan fingerprint density at radius 2 is 1.77 bits per heavy atom. The van der Waals surface area contributed by atoms with E-state index in [4.69, 9.17) is 4.74 Å². The van der Waals surface area contributed by atoms with E-state index in [2.05, 4.69) is 26.1 Å². The zero-order valence-corrected chi connectivity index (χ0v) is 18.4. The van der Waals surface area contributed by atoms with Crippen LogP contribution >= 0.6 is 0 Å². The first-order valence-corrected chi connectivity index (χ1v) is 10.9. The quantitative estimate of drug-likeness (QED) is 0.644. The zero-order valence-electron chi connectivity index (χ0n) is 18.4. The number of nitrogens with one attached hydrogen (secondary N) is 1. The van der Waals surface area contributed by atoms with Gasteiger partial charge in [0.25, 0.3) is 5.91 Å².